The van der Waals surface area contributed by atoms with E-state index in [-0.39, 0.29) is 12.4 Å². The maximum atomic E-state index is 13.0. The molecule has 6 heteroatoms. The lowest BCUT2D eigenvalue weighted by Gasteiger charge is -2.28. The molecule has 1 heterocycles. The molecule has 0 spiro atoms. The van der Waals surface area contributed by atoms with Gasteiger partial charge in [0.15, 0.2) is 0 Å². The lowest BCUT2D eigenvalue weighted by Crippen LogP contribution is -2.32. The number of halogens is 1. The van der Waals surface area contributed by atoms with E-state index in [1.807, 2.05) is 27.7 Å². The van der Waals surface area contributed by atoms with Crippen LogP contribution in [-0.4, -0.2) is 33.0 Å². The quantitative estimate of drug-likeness (QED) is 0.618. The number of sulfonamides is 1. The van der Waals surface area contributed by atoms with Crippen molar-refractivity contribution in [3.05, 3.63) is 63.2 Å². The highest BCUT2D eigenvalue weighted by Crippen LogP contribution is 2.29. The summed E-state index contributed by atoms with van der Waals surface area (Å²) in [6.45, 7) is 13.5. The van der Waals surface area contributed by atoms with Crippen LogP contribution in [0.5, 0.6) is 0 Å². The average molecular weight is 451 g/mol. The van der Waals surface area contributed by atoms with Gasteiger partial charge in [-0.1, -0.05) is 24.3 Å². The van der Waals surface area contributed by atoms with E-state index in [0.29, 0.717) is 11.4 Å². The summed E-state index contributed by atoms with van der Waals surface area (Å²) >= 11 is 0. The molecule has 0 fully saturated rings. The number of benzene rings is 2. The zero-order valence-corrected chi connectivity index (χ0v) is 20.5. The maximum absolute atomic E-state index is 13.0. The zero-order chi connectivity index (χ0) is 21.2. The fourth-order valence-electron chi connectivity index (χ4n) is 4.35. The highest BCUT2D eigenvalue weighted by molar-refractivity contribution is 7.89. The second-order valence-electron chi connectivity index (χ2n) is 8.35. The third-order valence-corrected chi connectivity index (χ3v) is 8.34. The Morgan fingerprint density at radius 1 is 0.867 bits per heavy atom. The summed E-state index contributed by atoms with van der Waals surface area (Å²) in [7, 11) is -3.49. The van der Waals surface area contributed by atoms with Crippen molar-refractivity contribution in [2.24, 2.45) is 0 Å². The first-order chi connectivity index (χ1) is 13.7. The van der Waals surface area contributed by atoms with Crippen LogP contribution in [0.25, 0.3) is 0 Å². The summed E-state index contributed by atoms with van der Waals surface area (Å²) in [6, 6.07) is 8.66. The van der Waals surface area contributed by atoms with E-state index in [0.717, 1.165) is 61.2 Å². The van der Waals surface area contributed by atoms with Gasteiger partial charge in [-0.15, -0.1) is 12.4 Å². The number of unbranched alkanes of at least 4 members (excludes halogenated alkanes) is 1. The molecule has 0 saturated heterocycles. The number of rotatable bonds is 7. The molecule has 0 radical (unpaired) electrons. The van der Waals surface area contributed by atoms with Gasteiger partial charge < -0.3 is 0 Å². The third-order valence-electron chi connectivity index (χ3n) is 6.60. The molecule has 0 amide bonds. The Morgan fingerprint density at radius 2 is 1.43 bits per heavy atom. The van der Waals surface area contributed by atoms with Crippen LogP contribution in [0.1, 0.15) is 51.8 Å². The lowest BCUT2D eigenvalue weighted by molar-refractivity contribution is 0.249. The van der Waals surface area contributed by atoms with Crippen LogP contribution in [0.4, 0.5) is 0 Å². The van der Waals surface area contributed by atoms with Gasteiger partial charge in [-0.25, -0.2) is 13.1 Å². The van der Waals surface area contributed by atoms with Crippen LogP contribution in [0.3, 0.4) is 0 Å². The van der Waals surface area contributed by atoms with E-state index in [2.05, 4.69) is 40.8 Å². The normalized spacial score (nSPS) is 14.3. The maximum Gasteiger partial charge on any atom is 0.241 e. The number of fused-ring (bicyclic) bond motifs is 1. The minimum Gasteiger partial charge on any atom is -0.299 e. The van der Waals surface area contributed by atoms with Crippen molar-refractivity contribution in [1.29, 1.82) is 0 Å². The molecule has 0 saturated carbocycles. The van der Waals surface area contributed by atoms with E-state index in [1.165, 1.54) is 16.7 Å². The highest BCUT2D eigenvalue weighted by atomic mass is 35.5. The van der Waals surface area contributed by atoms with Crippen LogP contribution in [0.2, 0.25) is 0 Å². The van der Waals surface area contributed by atoms with Crippen molar-refractivity contribution in [1.82, 2.24) is 9.62 Å². The van der Waals surface area contributed by atoms with Gasteiger partial charge in [-0.05, 0) is 99.4 Å². The summed E-state index contributed by atoms with van der Waals surface area (Å²) in [5, 5.41) is 0. The molecule has 0 aromatic heterocycles. The minimum atomic E-state index is -3.49. The summed E-state index contributed by atoms with van der Waals surface area (Å²) in [6.07, 6.45) is 2.95. The Hall–Kier alpha value is -1.40. The Bertz CT molecular complexity index is 974. The molecule has 30 heavy (non-hydrogen) atoms. The topological polar surface area (TPSA) is 49.4 Å². The zero-order valence-electron chi connectivity index (χ0n) is 18.8. The fraction of sp³-hybridized carbons (Fsp3) is 0.500. The first kappa shape index (κ1) is 24.9. The van der Waals surface area contributed by atoms with Crippen LogP contribution >= 0.6 is 12.4 Å². The average Bonchev–Trinajstić information content (AvgIpc) is 2.70. The molecule has 1 aliphatic heterocycles. The van der Waals surface area contributed by atoms with Gasteiger partial charge in [0, 0.05) is 19.6 Å². The summed E-state index contributed by atoms with van der Waals surface area (Å²) in [5.41, 5.74) is 7.94. The molecule has 2 aromatic rings. The molecule has 0 atom stereocenters. The van der Waals surface area contributed by atoms with Crippen LogP contribution in [-0.2, 0) is 23.0 Å². The second kappa shape index (κ2) is 10.3. The number of hydrogen-bond donors (Lipinski definition) is 1. The van der Waals surface area contributed by atoms with E-state index in [4.69, 9.17) is 0 Å². The predicted octanol–water partition coefficient (Wildman–Crippen LogP) is 4.77. The summed E-state index contributed by atoms with van der Waals surface area (Å²) in [4.78, 5) is 2.93. The van der Waals surface area contributed by atoms with Crippen molar-refractivity contribution in [3.8, 4) is 0 Å². The van der Waals surface area contributed by atoms with E-state index < -0.39 is 10.0 Å². The van der Waals surface area contributed by atoms with Gasteiger partial charge in [0.05, 0.1) is 4.90 Å². The van der Waals surface area contributed by atoms with Gasteiger partial charge in [-0.2, -0.15) is 0 Å². The monoisotopic (exact) mass is 450 g/mol. The first-order valence-electron chi connectivity index (χ1n) is 10.6. The Labute approximate surface area is 188 Å². The van der Waals surface area contributed by atoms with Gasteiger partial charge in [0.2, 0.25) is 10.0 Å². The molecule has 0 unspecified atom stereocenters. The van der Waals surface area contributed by atoms with E-state index in [9.17, 15) is 8.42 Å². The van der Waals surface area contributed by atoms with Gasteiger partial charge in [-0.3, -0.25) is 4.90 Å². The van der Waals surface area contributed by atoms with Crippen molar-refractivity contribution >= 4 is 22.4 Å². The molecule has 0 aliphatic carbocycles. The molecule has 166 valence electrons. The Balaban J connectivity index is 0.00000320. The molecule has 3 rings (SSSR count). The van der Waals surface area contributed by atoms with Crippen LogP contribution in [0.15, 0.2) is 29.2 Å². The standard InChI is InChI=1S/C24H34N2O2S.ClH/c1-17-18(2)20(4)24(21(5)19(17)3)29(27,28)25-13-8-9-14-26-15-12-22-10-6-7-11-23(22)16-26;/h6-7,10-11,25H,8-9,12-16H2,1-5H3;1H. The summed E-state index contributed by atoms with van der Waals surface area (Å²) in [5.74, 6) is 0. The molecular formula is C24H35ClN2O2S. The highest BCUT2D eigenvalue weighted by Gasteiger charge is 2.23. The van der Waals surface area contributed by atoms with Crippen molar-refractivity contribution in [2.75, 3.05) is 19.6 Å². The number of nitrogens with zero attached hydrogens (tertiary/aromatic N) is 1. The molecule has 1 N–H and O–H groups in total. The molecule has 4 nitrogen and oxygen atoms in total. The molecule has 2 aromatic carbocycles. The molecule has 1 aliphatic rings. The Morgan fingerprint density at radius 3 is 2.07 bits per heavy atom. The smallest absolute Gasteiger partial charge is 0.241 e. The minimum absolute atomic E-state index is 0. The molecule has 0 bridgehead atoms. The van der Waals surface area contributed by atoms with Crippen molar-refractivity contribution < 1.29 is 8.42 Å². The largest absolute Gasteiger partial charge is 0.299 e. The Kier molecular flexibility index (Phi) is 8.51. The number of hydrogen-bond acceptors (Lipinski definition) is 3. The van der Waals surface area contributed by atoms with Crippen LogP contribution in [0, 0.1) is 34.6 Å². The van der Waals surface area contributed by atoms with E-state index >= 15 is 0 Å². The van der Waals surface area contributed by atoms with Gasteiger partial charge >= 0.3 is 0 Å². The van der Waals surface area contributed by atoms with E-state index in [1.54, 1.807) is 0 Å². The molecular weight excluding hydrogens is 416 g/mol. The van der Waals surface area contributed by atoms with Gasteiger partial charge in [0.25, 0.3) is 0 Å². The SMILES string of the molecule is Cc1c(C)c(C)c(S(=O)(=O)NCCCCN2CCc3ccccc3C2)c(C)c1C.Cl. The third kappa shape index (κ3) is 5.25. The van der Waals surface area contributed by atoms with Crippen LogP contribution < -0.4 is 4.72 Å². The summed E-state index contributed by atoms with van der Waals surface area (Å²) < 4.78 is 28.8. The second-order valence-corrected chi connectivity index (χ2v) is 10.1. The van der Waals surface area contributed by atoms with Gasteiger partial charge in [0.1, 0.15) is 0 Å². The predicted molar refractivity (Wildman–Crippen MR) is 127 cm³/mol. The van der Waals surface area contributed by atoms with Crippen molar-refractivity contribution in [2.45, 2.75) is 65.3 Å². The fourth-order valence-corrected chi connectivity index (χ4v) is 6.02. The first-order valence-corrected chi connectivity index (χ1v) is 12.1. The number of nitrogens with one attached hydrogen (secondary N) is 1. The van der Waals surface area contributed by atoms with Crippen molar-refractivity contribution in [3.63, 3.8) is 0 Å². The lowest BCUT2D eigenvalue weighted by atomic mass is 9.95.